The molecule has 3 heterocycles. The summed E-state index contributed by atoms with van der Waals surface area (Å²) in [7, 11) is 0. The molecule has 3 aromatic rings. The van der Waals surface area contributed by atoms with Crippen LogP contribution in [0.3, 0.4) is 0 Å². The van der Waals surface area contributed by atoms with Crippen LogP contribution in [-0.2, 0) is 19.4 Å². The number of fused-ring (bicyclic) bond motifs is 1. The van der Waals surface area contributed by atoms with Crippen LogP contribution in [-0.4, -0.2) is 34.3 Å². The minimum Gasteiger partial charge on any atom is -0.369 e. The van der Waals surface area contributed by atoms with Gasteiger partial charge in [0.2, 0.25) is 0 Å². The van der Waals surface area contributed by atoms with Crippen LogP contribution in [0.1, 0.15) is 48.1 Å². The summed E-state index contributed by atoms with van der Waals surface area (Å²) in [6.45, 7) is 6.62. The zero-order valence-corrected chi connectivity index (χ0v) is 17.3. The van der Waals surface area contributed by atoms with E-state index in [1.54, 1.807) is 0 Å². The number of aryl methyl sites for hydroxylation is 1. The molecule has 29 heavy (non-hydrogen) atoms. The molecule has 0 amide bonds. The standard InChI is InChI=1S/C25H30N4/c1-2-20-10-6-7-11-23(20)29-25-22(12-15-26-25)24(27-29)21-13-16-28(17-14-21)18-19-8-4-3-5-9-19/h3-11,21,26H,2,12-18H2,1H3. The van der Waals surface area contributed by atoms with Gasteiger partial charge in [-0.15, -0.1) is 0 Å². The van der Waals surface area contributed by atoms with Gasteiger partial charge < -0.3 is 5.32 Å². The van der Waals surface area contributed by atoms with Gasteiger partial charge in [-0.3, -0.25) is 4.90 Å². The van der Waals surface area contributed by atoms with Crippen LogP contribution in [0.4, 0.5) is 5.82 Å². The fourth-order valence-electron chi connectivity index (χ4n) is 4.93. The zero-order chi connectivity index (χ0) is 19.6. The predicted octanol–water partition coefficient (Wildman–Crippen LogP) is 4.78. The van der Waals surface area contributed by atoms with Crippen molar-refractivity contribution in [3.05, 3.63) is 77.0 Å². The molecule has 1 fully saturated rings. The summed E-state index contributed by atoms with van der Waals surface area (Å²) in [5, 5.41) is 8.79. The SMILES string of the molecule is CCc1ccccc1-n1nc(C2CCN(Cc3ccccc3)CC2)c2c1NCC2. The van der Waals surface area contributed by atoms with Crippen molar-refractivity contribution in [2.75, 3.05) is 25.0 Å². The molecule has 1 aromatic heterocycles. The fourth-order valence-corrected chi connectivity index (χ4v) is 4.93. The summed E-state index contributed by atoms with van der Waals surface area (Å²) in [6.07, 6.45) is 4.53. The first kappa shape index (κ1) is 18.4. The highest BCUT2D eigenvalue weighted by Crippen LogP contribution is 2.37. The quantitative estimate of drug-likeness (QED) is 0.685. The van der Waals surface area contributed by atoms with Crippen LogP contribution in [0.5, 0.6) is 0 Å². The molecule has 5 rings (SSSR count). The lowest BCUT2D eigenvalue weighted by Crippen LogP contribution is -2.32. The van der Waals surface area contributed by atoms with E-state index in [9.17, 15) is 0 Å². The second-order valence-corrected chi connectivity index (χ2v) is 8.32. The van der Waals surface area contributed by atoms with Gasteiger partial charge >= 0.3 is 0 Å². The number of benzene rings is 2. The van der Waals surface area contributed by atoms with Crippen molar-refractivity contribution in [1.82, 2.24) is 14.7 Å². The smallest absolute Gasteiger partial charge is 0.133 e. The molecule has 1 saturated heterocycles. The van der Waals surface area contributed by atoms with E-state index < -0.39 is 0 Å². The molecule has 2 aromatic carbocycles. The van der Waals surface area contributed by atoms with E-state index in [-0.39, 0.29) is 0 Å². The van der Waals surface area contributed by atoms with Crippen molar-refractivity contribution < 1.29 is 0 Å². The Hall–Kier alpha value is -2.59. The maximum absolute atomic E-state index is 5.18. The van der Waals surface area contributed by atoms with Gasteiger partial charge in [0.05, 0.1) is 11.4 Å². The Morgan fingerprint density at radius 1 is 1.00 bits per heavy atom. The molecule has 2 aliphatic rings. The topological polar surface area (TPSA) is 33.1 Å². The molecule has 1 N–H and O–H groups in total. The molecule has 0 aliphatic carbocycles. The largest absolute Gasteiger partial charge is 0.369 e. The second kappa shape index (κ2) is 8.03. The Bertz CT molecular complexity index is 968. The Morgan fingerprint density at radius 2 is 1.76 bits per heavy atom. The summed E-state index contributed by atoms with van der Waals surface area (Å²) in [5.41, 5.74) is 6.80. The minimum atomic E-state index is 0.575. The number of aromatic nitrogens is 2. The third kappa shape index (κ3) is 3.58. The van der Waals surface area contributed by atoms with Crippen LogP contribution < -0.4 is 5.32 Å². The Morgan fingerprint density at radius 3 is 2.55 bits per heavy atom. The first-order valence-corrected chi connectivity index (χ1v) is 11.0. The summed E-state index contributed by atoms with van der Waals surface area (Å²) < 4.78 is 2.19. The van der Waals surface area contributed by atoms with Crippen molar-refractivity contribution in [1.29, 1.82) is 0 Å². The maximum atomic E-state index is 5.18. The maximum Gasteiger partial charge on any atom is 0.133 e. The van der Waals surface area contributed by atoms with Crippen LogP contribution in [0.25, 0.3) is 5.69 Å². The zero-order valence-electron chi connectivity index (χ0n) is 17.3. The summed E-state index contributed by atoms with van der Waals surface area (Å²) >= 11 is 0. The number of anilines is 1. The Balaban J connectivity index is 1.36. The van der Waals surface area contributed by atoms with E-state index in [1.807, 2.05) is 0 Å². The third-order valence-corrected chi connectivity index (χ3v) is 6.51. The molecular formula is C25H30N4. The van der Waals surface area contributed by atoms with Crippen LogP contribution in [0.2, 0.25) is 0 Å². The van der Waals surface area contributed by atoms with E-state index in [0.717, 1.165) is 39.0 Å². The molecule has 150 valence electrons. The first-order valence-electron chi connectivity index (χ1n) is 11.0. The highest BCUT2D eigenvalue weighted by molar-refractivity contribution is 5.59. The average Bonchev–Trinajstić information content (AvgIpc) is 3.38. The monoisotopic (exact) mass is 386 g/mol. The molecule has 0 spiro atoms. The number of para-hydroxylation sites is 1. The number of hydrogen-bond acceptors (Lipinski definition) is 3. The normalized spacial score (nSPS) is 17.3. The fraction of sp³-hybridized carbons (Fsp3) is 0.400. The molecule has 4 heteroatoms. The number of hydrogen-bond donors (Lipinski definition) is 1. The van der Waals surface area contributed by atoms with Crippen molar-refractivity contribution in [2.24, 2.45) is 0 Å². The molecule has 2 aliphatic heterocycles. The van der Waals surface area contributed by atoms with Gasteiger partial charge in [0.25, 0.3) is 0 Å². The van der Waals surface area contributed by atoms with Crippen LogP contribution >= 0.6 is 0 Å². The summed E-state index contributed by atoms with van der Waals surface area (Å²) in [5.74, 6) is 1.80. The number of rotatable bonds is 5. The highest BCUT2D eigenvalue weighted by atomic mass is 15.3. The molecule has 4 nitrogen and oxygen atoms in total. The van der Waals surface area contributed by atoms with Gasteiger partial charge in [-0.25, -0.2) is 4.68 Å². The average molecular weight is 387 g/mol. The van der Waals surface area contributed by atoms with E-state index in [1.165, 1.54) is 46.7 Å². The summed E-state index contributed by atoms with van der Waals surface area (Å²) in [6, 6.07) is 19.5. The first-order chi connectivity index (χ1) is 14.3. The van der Waals surface area contributed by atoms with Crippen molar-refractivity contribution >= 4 is 5.82 Å². The van der Waals surface area contributed by atoms with Gasteiger partial charge in [0.15, 0.2) is 0 Å². The number of likely N-dealkylation sites (tertiary alicyclic amines) is 1. The van der Waals surface area contributed by atoms with E-state index in [0.29, 0.717) is 5.92 Å². The van der Waals surface area contributed by atoms with Gasteiger partial charge in [-0.05, 0) is 56.0 Å². The molecule has 0 atom stereocenters. The van der Waals surface area contributed by atoms with E-state index in [4.69, 9.17) is 5.10 Å². The van der Waals surface area contributed by atoms with Gasteiger partial charge in [0, 0.05) is 24.6 Å². The van der Waals surface area contributed by atoms with Gasteiger partial charge in [-0.2, -0.15) is 5.10 Å². The second-order valence-electron chi connectivity index (χ2n) is 8.32. The number of piperidine rings is 1. The molecule has 0 unspecified atom stereocenters. The van der Waals surface area contributed by atoms with Gasteiger partial charge in [-0.1, -0.05) is 55.5 Å². The Labute approximate surface area is 173 Å². The molecule has 0 saturated carbocycles. The molecular weight excluding hydrogens is 356 g/mol. The predicted molar refractivity (Wildman–Crippen MR) is 119 cm³/mol. The van der Waals surface area contributed by atoms with Crippen molar-refractivity contribution in [2.45, 2.75) is 45.1 Å². The lowest BCUT2D eigenvalue weighted by atomic mass is 9.90. The lowest BCUT2D eigenvalue weighted by molar-refractivity contribution is 0.203. The molecule has 0 radical (unpaired) electrons. The minimum absolute atomic E-state index is 0.575. The van der Waals surface area contributed by atoms with E-state index >= 15 is 0 Å². The summed E-state index contributed by atoms with van der Waals surface area (Å²) in [4.78, 5) is 2.59. The van der Waals surface area contributed by atoms with Crippen molar-refractivity contribution in [3.63, 3.8) is 0 Å². The third-order valence-electron chi connectivity index (χ3n) is 6.51. The van der Waals surface area contributed by atoms with Crippen LogP contribution in [0, 0.1) is 0 Å². The number of nitrogens with one attached hydrogen (secondary N) is 1. The van der Waals surface area contributed by atoms with Crippen molar-refractivity contribution in [3.8, 4) is 5.69 Å². The Kier molecular flexibility index (Phi) is 5.11. The van der Waals surface area contributed by atoms with Crippen LogP contribution in [0.15, 0.2) is 54.6 Å². The molecule has 0 bridgehead atoms. The lowest BCUT2D eigenvalue weighted by Gasteiger charge is -2.31. The van der Waals surface area contributed by atoms with E-state index in [2.05, 4.69) is 76.4 Å². The number of nitrogens with zero attached hydrogens (tertiary/aromatic N) is 3. The highest BCUT2D eigenvalue weighted by Gasteiger charge is 2.30. The van der Waals surface area contributed by atoms with Gasteiger partial charge in [0.1, 0.15) is 5.82 Å².